The third-order valence-electron chi connectivity index (χ3n) is 3.03. The molecule has 106 valence electrons. The fourth-order valence-electron chi connectivity index (χ4n) is 1.88. The maximum Gasteiger partial charge on any atom is 0.241 e. The van der Waals surface area contributed by atoms with Crippen molar-refractivity contribution >= 4 is 11.6 Å². The molecule has 0 saturated heterocycles. The number of amides is 1. The second-order valence-corrected chi connectivity index (χ2v) is 5.09. The number of nitrogens with one attached hydrogen (secondary N) is 1. The highest BCUT2D eigenvalue weighted by molar-refractivity contribution is 5.94. The molecule has 0 bridgehead atoms. The van der Waals surface area contributed by atoms with Crippen LogP contribution in [-0.2, 0) is 11.2 Å². The molecule has 3 N–H and O–H groups in total. The van der Waals surface area contributed by atoms with Crippen molar-refractivity contribution < 1.29 is 4.79 Å². The lowest BCUT2D eigenvalue weighted by Crippen LogP contribution is -2.37. The van der Waals surface area contributed by atoms with E-state index >= 15 is 0 Å². The number of carbonyl (C=O) groups is 1. The van der Waals surface area contributed by atoms with Crippen LogP contribution in [0.15, 0.2) is 42.7 Å². The molecule has 5 nitrogen and oxygen atoms in total. The second-order valence-electron chi connectivity index (χ2n) is 5.09. The zero-order valence-electron chi connectivity index (χ0n) is 11.8. The summed E-state index contributed by atoms with van der Waals surface area (Å²) in [7, 11) is 0. The minimum atomic E-state index is -0.570. The van der Waals surface area contributed by atoms with Gasteiger partial charge in [0.2, 0.25) is 5.91 Å². The smallest absolute Gasteiger partial charge is 0.241 e. The van der Waals surface area contributed by atoms with Gasteiger partial charge < -0.3 is 11.1 Å². The van der Waals surface area contributed by atoms with E-state index in [0.29, 0.717) is 12.1 Å². The minimum Gasteiger partial charge on any atom is -0.322 e. The molecule has 20 heavy (non-hydrogen) atoms. The van der Waals surface area contributed by atoms with E-state index < -0.39 is 6.04 Å². The van der Waals surface area contributed by atoms with E-state index in [-0.39, 0.29) is 11.9 Å². The lowest BCUT2D eigenvalue weighted by atomic mass is 10.1. The number of rotatable bonds is 5. The molecule has 0 aliphatic rings. The summed E-state index contributed by atoms with van der Waals surface area (Å²) in [5.74, 6) is -0.197. The van der Waals surface area contributed by atoms with E-state index in [0.717, 1.165) is 5.56 Å². The molecular weight excluding hydrogens is 252 g/mol. The highest BCUT2D eigenvalue weighted by Gasteiger charge is 2.15. The summed E-state index contributed by atoms with van der Waals surface area (Å²) in [5.41, 5.74) is 7.65. The molecule has 1 atom stereocenters. The van der Waals surface area contributed by atoms with Crippen LogP contribution in [0.1, 0.15) is 25.5 Å². The van der Waals surface area contributed by atoms with Crippen LogP contribution in [0.3, 0.4) is 0 Å². The summed E-state index contributed by atoms with van der Waals surface area (Å²) in [6.07, 6.45) is 3.95. The maximum atomic E-state index is 12.0. The average Bonchev–Trinajstić information content (AvgIpc) is 2.88. The molecule has 1 aromatic heterocycles. The molecule has 5 heteroatoms. The fraction of sp³-hybridized carbons (Fsp3) is 0.333. The van der Waals surface area contributed by atoms with Crippen molar-refractivity contribution in [2.45, 2.75) is 32.4 Å². The Balaban J connectivity index is 1.93. The van der Waals surface area contributed by atoms with Crippen LogP contribution in [-0.4, -0.2) is 21.7 Å². The van der Waals surface area contributed by atoms with E-state index in [2.05, 4.69) is 10.4 Å². The molecule has 0 saturated carbocycles. The summed E-state index contributed by atoms with van der Waals surface area (Å²) in [4.78, 5) is 12.0. The van der Waals surface area contributed by atoms with Crippen LogP contribution < -0.4 is 11.1 Å². The van der Waals surface area contributed by atoms with Crippen LogP contribution in [0.2, 0.25) is 0 Å². The van der Waals surface area contributed by atoms with Crippen LogP contribution in [0, 0.1) is 0 Å². The lowest BCUT2D eigenvalue weighted by Gasteiger charge is -2.11. The summed E-state index contributed by atoms with van der Waals surface area (Å²) in [6.45, 7) is 4.06. The van der Waals surface area contributed by atoms with Crippen molar-refractivity contribution in [2.24, 2.45) is 5.73 Å². The molecule has 1 heterocycles. The monoisotopic (exact) mass is 272 g/mol. The predicted octanol–water partition coefficient (Wildman–Crippen LogP) is 1.97. The normalized spacial score (nSPS) is 12.4. The van der Waals surface area contributed by atoms with E-state index in [4.69, 9.17) is 5.73 Å². The number of nitrogens with zero attached hydrogens (tertiary/aromatic N) is 2. The Bertz CT molecular complexity index is 562. The molecule has 2 rings (SSSR count). The molecule has 0 aliphatic carbocycles. The Kier molecular flexibility index (Phi) is 4.53. The molecule has 0 aliphatic heterocycles. The lowest BCUT2D eigenvalue weighted by molar-refractivity contribution is -0.117. The fourth-order valence-corrected chi connectivity index (χ4v) is 1.88. The van der Waals surface area contributed by atoms with Crippen molar-refractivity contribution in [3.05, 3.63) is 48.3 Å². The molecule has 0 fully saturated rings. The van der Waals surface area contributed by atoms with Gasteiger partial charge in [-0.15, -0.1) is 0 Å². The van der Waals surface area contributed by atoms with Crippen LogP contribution >= 0.6 is 0 Å². The van der Waals surface area contributed by atoms with E-state index in [1.165, 1.54) is 0 Å². The number of carbonyl (C=O) groups excluding carboxylic acids is 1. The van der Waals surface area contributed by atoms with Gasteiger partial charge in [-0.05, 0) is 25.8 Å². The van der Waals surface area contributed by atoms with E-state index in [9.17, 15) is 4.79 Å². The zero-order chi connectivity index (χ0) is 14.5. The standard InChI is InChI=1S/C15H20N4O/c1-11(2)19-10-13(9-17-19)18-15(20)14(16)8-12-6-4-3-5-7-12/h3-7,9-11,14H,8,16H2,1-2H3,(H,18,20)/t14-/m0/s1. The largest absolute Gasteiger partial charge is 0.322 e. The van der Waals surface area contributed by atoms with Gasteiger partial charge in [0.15, 0.2) is 0 Å². The Morgan fingerprint density at radius 2 is 2.05 bits per heavy atom. The zero-order valence-corrected chi connectivity index (χ0v) is 11.8. The van der Waals surface area contributed by atoms with Crippen LogP contribution in [0.25, 0.3) is 0 Å². The Morgan fingerprint density at radius 3 is 2.65 bits per heavy atom. The first-order valence-corrected chi connectivity index (χ1v) is 6.71. The van der Waals surface area contributed by atoms with Gasteiger partial charge in [0.05, 0.1) is 17.9 Å². The van der Waals surface area contributed by atoms with Gasteiger partial charge in [-0.1, -0.05) is 30.3 Å². The Labute approximate surface area is 118 Å². The van der Waals surface area contributed by atoms with E-state index in [1.54, 1.807) is 17.1 Å². The molecule has 1 aromatic carbocycles. The topological polar surface area (TPSA) is 72.9 Å². The van der Waals surface area contributed by atoms with Crippen molar-refractivity contribution in [3.8, 4) is 0 Å². The molecule has 1 amide bonds. The van der Waals surface area contributed by atoms with Crippen molar-refractivity contribution in [3.63, 3.8) is 0 Å². The summed E-state index contributed by atoms with van der Waals surface area (Å²) < 4.78 is 1.79. The molecule has 0 spiro atoms. The summed E-state index contributed by atoms with van der Waals surface area (Å²) in [6, 6.07) is 9.43. The number of anilines is 1. The van der Waals surface area contributed by atoms with Crippen molar-refractivity contribution in [1.82, 2.24) is 9.78 Å². The summed E-state index contributed by atoms with van der Waals surface area (Å²) >= 11 is 0. The molecule has 0 unspecified atom stereocenters. The van der Waals surface area contributed by atoms with Gasteiger partial charge in [0.25, 0.3) is 0 Å². The predicted molar refractivity (Wildman–Crippen MR) is 79.4 cm³/mol. The summed E-state index contributed by atoms with van der Waals surface area (Å²) in [5, 5.41) is 6.96. The minimum absolute atomic E-state index is 0.197. The molecular formula is C15H20N4O. The van der Waals surface area contributed by atoms with Gasteiger partial charge in [-0.3, -0.25) is 9.48 Å². The van der Waals surface area contributed by atoms with Crippen LogP contribution in [0.5, 0.6) is 0 Å². The highest BCUT2D eigenvalue weighted by Crippen LogP contribution is 2.10. The average molecular weight is 272 g/mol. The van der Waals surface area contributed by atoms with Gasteiger partial charge in [-0.2, -0.15) is 5.10 Å². The SMILES string of the molecule is CC(C)n1cc(NC(=O)[C@@H](N)Cc2ccccc2)cn1. The molecule has 0 radical (unpaired) electrons. The Morgan fingerprint density at radius 1 is 1.35 bits per heavy atom. The third-order valence-corrected chi connectivity index (χ3v) is 3.03. The second kappa shape index (κ2) is 6.34. The number of aromatic nitrogens is 2. The first kappa shape index (κ1) is 14.3. The van der Waals surface area contributed by atoms with Crippen molar-refractivity contribution in [2.75, 3.05) is 5.32 Å². The number of hydrogen-bond acceptors (Lipinski definition) is 3. The van der Waals surface area contributed by atoms with Crippen molar-refractivity contribution in [1.29, 1.82) is 0 Å². The van der Waals surface area contributed by atoms with Gasteiger partial charge in [0, 0.05) is 12.2 Å². The quantitative estimate of drug-likeness (QED) is 0.874. The third kappa shape index (κ3) is 3.68. The first-order chi connectivity index (χ1) is 9.56. The molecule has 2 aromatic rings. The van der Waals surface area contributed by atoms with Crippen LogP contribution in [0.4, 0.5) is 5.69 Å². The highest BCUT2D eigenvalue weighted by atomic mass is 16.2. The van der Waals surface area contributed by atoms with Gasteiger partial charge >= 0.3 is 0 Å². The maximum absolute atomic E-state index is 12.0. The Hall–Kier alpha value is -2.14. The number of benzene rings is 1. The van der Waals surface area contributed by atoms with Gasteiger partial charge in [0.1, 0.15) is 0 Å². The number of hydrogen-bond donors (Lipinski definition) is 2. The van der Waals surface area contributed by atoms with E-state index in [1.807, 2.05) is 44.2 Å². The number of nitrogens with two attached hydrogens (primary N) is 1. The first-order valence-electron chi connectivity index (χ1n) is 6.71. The van der Waals surface area contributed by atoms with Gasteiger partial charge in [-0.25, -0.2) is 0 Å².